The van der Waals surface area contributed by atoms with Crippen LogP contribution in [0.3, 0.4) is 0 Å². The van der Waals surface area contributed by atoms with Gasteiger partial charge in [0.15, 0.2) is 0 Å². The molecular weight excluding hydrogens is 313 g/mol. The molecule has 130 valence electrons. The van der Waals surface area contributed by atoms with Crippen LogP contribution in [0.5, 0.6) is 5.75 Å². The standard InChI is InChI=1S/C15H21F3N2O3/c1-10(2)23-12-5-3-4-11(8-12)13(21)9-20-14(22)19-7-6-15(16,17)18/h3-5,8,10,13,21H,6-7,9H2,1-2H3,(H2,19,20,22). The number of hydrogen-bond donors (Lipinski definition) is 3. The summed E-state index contributed by atoms with van der Waals surface area (Å²) < 4.78 is 41.3. The Kier molecular flexibility index (Phi) is 7.15. The highest BCUT2D eigenvalue weighted by Gasteiger charge is 2.26. The molecule has 0 spiro atoms. The van der Waals surface area contributed by atoms with Crippen LogP contribution in [0.1, 0.15) is 31.9 Å². The van der Waals surface area contributed by atoms with E-state index in [4.69, 9.17) is 4.74 Å². The molecule has 1 atom stereocenters. The van der Waals surface area contributed by atoms with Crippen molar-refractivity contribution in [3.8, 4) is 5.75 Å². The van der Waals surface area contributed by atoms with Gasteiger partial charge in [0.05, 0.1) is 18.6 Å². The number of ether oxygens (including phenoxy) is 1. The van der Waals surface area contributed by atoms with Crippen molar-refractivity contribution in [2.75, 3.05) is 13.1 Å². The highest BCUT2D eigenvalue weighted by molar-refractivity contribution is 5.73. The van der Waals surface area contributed by atoms with Crippen LogP contribution in [-0.2, 0) is 0 Å². The van der Waals surface area contributed by atoms with Crippen molar-refractivity contribution in [1.82, 2.24) is 10.6 Å². The lowest BCUT2D eigenvalue weighted by Gasteiger charge is -2.15. The van der Waals surface area contributed by atoms with E-state index < -0.39 is 31.3 Å². The summed E-state index contributed by atoms with van der Waals surface area (Å²) in [6, 6.07) is 6.00. The second kappa shape index (κ2) is 8.61. The van der Waals surface area contributed by atoms with Gasteiger partial charge in [0.1, 0.15) is 5.75 Å². The smallest absolute Gasteiger partial charge is 0.390 e. The summed E-state index contributed by atoms with van der Waals surface area (Å²) >= 11 is 0. The van der Waals surface area contributed by atoms with Gasteiger partial charge in [-0.1, -0.05) is 12.1 Å². The Labute approximate surface area is 132 Å². The van der Waals surface area contributed by atoms with Gasteiger partial charge in [0.25, 0.3) is 0 Å². The summed E-state index contributed by atoms with van der Waals surface area (Å²) in [5.41, 5.74) is 0.541. The second-order valence-corrected chi connectivity index (χ2v) is 5.26. The zero-order chi connectivity index (χ0) is 17.5. The lowest BCUT2D eigenvalue weighted by atomic mass is 10.1. The summed E-state index contributed by atoms with van der Waals surface area (Å²) in [6.07, 6.45) is -6.42. The topological polar surface area (TPSA) is 70.6 Å². The lowest BCUT2D eigenvalue weighted by molar-refractivity contribution is -0.132. The van der Waals surface area contributed by atoms with Crippen molar-refractivity contribution in [3.63, 3.8) is 0 Å². The number of urea groups is 1. The van der Waals surface area contributed by atoms with E-state index in [-0.39, 0.29) is 12.6 Å². The summed E-state index contributed by atoms with van der Waals surface area (Å²) in [5.74, 6) is 0.589. The third-order valence-corrected chi connectivity index (χ3v) is 2.76. The molecule has 0 saturated heterocycles. The van der Waals surface area contributed by atoms with E-state index in [1.54, 1.807) is 24.3 Å². The predicted molar refractivity (Wildman–Crippen MR) is 79.2 cm³/mol. The van der Waals surface area contributed by atoms with Crippen molar-refractivity contribution >= 4 is 6.03 Å². The number of aliphatic hydroxyl groups excluding tert-OH is 1. The van der Waals surface area contributed by atoms with E-state index in [0.717, 1.165) is 0 Å². The van der Waals surface area contributed by atoms with Gasteiger partial charge in [-0.05, 0) is 31.5 Å². The molecule has 0 saturated carbocycles. The maximum atomic E-state index is 11.9. The molecule has 1 aromatic carbocycles. The maximum absolute atomic E-state index is 11.9. The van der Waals surface area contributed by atoms with E-state index in [0.29, 0.717) is 11.3 Å². The van der Waals surface area contributed by atoms with Crippen molar-refractivity contribution in [2.45, 2.75) is 38.7 Å². The number of carbonyl (C=O) groups excluding carboxylic acids is 1. The zero-order valence-electron chi connectivity index (χ0n) is 13.0. The first kappa shape index (κ1) is 19.1. The number of rotatable bonds is 7. The normalized spacial score (nSPS) is 12.8. The second-order valence-electron chi connectivity index (χ2n) is 5.26. The molecule has 0 aliphatic rings. The number of carbonyl (C=O) groups is 1. The van der Waals surface area contributed by atoms with Gasteiger partial charge in [-0.25, -0.2) is 4.79 Å². The van der Waals surface area contributed by atoms with Gasteiger partial charge in [0, 0.05) is 13.1 Å². The van der Waals surface area contributed by atoms with Crippen molar-refractivity contribution < 1.29 is 27.8 Å². The number of halogens is 3. The Bertz CT molecular complexity index is 507. The summed E-state index contributed by atoms with van der Waals surface area (Å²) in [5, 5.41) is 14.4. The Morgan fingerprint density at radius 3 is 2.61 bits per heavy atom. The van der Waals surface area contributed by atoms with Gasteiger partial charge in [-0.2, -0.15) is 13.2 Å². The van der Waals surface area contributed by atoms with Crippen molar-refractivity contribution in [2.24, 2.45) is 0 Å². The van der Waals surface area contributed by atoms with Crippen molar-refractivity contribution in [1.29, 1.82) is 0 Å². The molecule has 0 fully saturated rings. The molecule has 0 radical (unpaired) electrons. The average Bonchev–Trinajstić information content (AvgIpc) is 2.43. The van der Waals surface area contributed by atoms with Crippen LogP contribution in [0.25, 0.3) is 0 Å². The first-order valence-corrected chi connectivity index (χ1v) is 7.20. The van der Waals surface area contributed by atoms with E-state index in [1.807, 2.05) is 13.8 Å². The first-order valence-electron chi connectivity index (χ1n) is 7.20. The first-order chi connectivity index (χ1) is 10.7. The van der Waals surface area contributed by atoms with E-state index in [2.05, 4.69) is 10.6 Å². The number of aliphatic hydroxyl groups is 1. The third kappa shape index (κ3) is 8.29. The molecule has 0 aromatic heterocycles. The largest absolute Gasteiger partial charge is 0.491 e. The highest BCUT2D eigenvalue weighted by Crippen LogP contribution is 2.20. The summed E-state index contributed by atoms with van der Waals surface area (Å²) in [7, 11) is 0. The van der Waals surface area contributed by atoms with Gasteiger partial charge >= 0.3 is 12.2 Å². The van der Waals surface area contributed by atoms with Crippen LogP contribution >= 0.6 is 0 Å². The van der Waals surface area contributed by atoms with Crippen LogP contribution < -0.4 is 15.4 Å². The molecule has 1 unspecified atom stereocenters. The minimum absolute atomic E-state index is 0.0140. The quantitative estimate of drug-likeness (QED) is 0.718. The number of amides is 2. The molecule has 5 nitrogen and oxygen atoms in total. The zero-order valence-corrected chi connectivity index (χ0v) is 13.0. The fourth-order valence-corrected chi connectivity index (χ4v) is 1.75. The summed E-state index contributed by atoms with van der Waals surface area (Å²) in [6.45, 7) is 3.11. The Balaban J connectivity index is 2.41. The Hall–Kier alpha value is -1.96. The van der Waals surface area contributed by atoms with Crippen LogP contribution in [0.4, 0.5) is 18.0 Å². The lowest BCUT2D eigenvalue weighted by Crippen LogP contribution is -2.39. The fraction of sp³-hybridized carbons (Fsp3) is 0.533. The molecule has 2 amide bonds. The highest BCUT2D eigenvalue weighted by atomic mass is 19.4. The van der Waals surface area contributed by atoms with Gasteiger partial charge < -0.3 is 20.5 Å². The molecule has 3 N–H and O–H groups in total. The third-order valence-electron chi connectivity index (χ3n) is 2.76. The molecule has 23 heavy (non-hydrogen) atoms. The van der Waals surface area contributed by atoms with Gasteiger partial charge in [-0.15, -0.1) is 0 Å². The number of nitrogens with one attached hydrogen (secondary N) is 2. The van der Waals surface area contributed by atoms with Crippen LogP contribution in [0.15, 0.2) is 24.3 Å². The van der Waals surface area contributed by atoms with Gasteiger partial charge in [-0.3, -0.25) is 0 Å². The molecule has 1 aromatic rings. The Morgan fingerprint density at radius 1 is 1.30 bits per heavy atom. The molecule has 0 aliphatic heterocycles. The Morgan fingerprint density at radius 2 is 2.00 bits per heavy atom. The molecule has 1 rings (SSSR count). The number of alkyl halides is 3. The average molecular weight is 334 g/mol. The van der Waals surface area contributed by atoms with Crippen molar-refractivity contribution in [3.05, 3.63) is 29.8 Å². The number of benzene rings is 1. The monoisotopic (exact) mass is 334 g/mol. The van der Waals surface area contributed by atoms with Gasteiger partial charge in [0.2, 0.25) is 0 Å². The van der Waals surface area contributed by atoms with E-state index in [1.165, 1.54) is 0 Å². The van der Waals surface area contributed by atoms with E-state index in [9.17, 15) is 23.1 Å². The SMILES string of the molecule is CC(C)Oc1cccc(C(O)CNC(=O)NCCC(F)(F)F)c1. The van der Waals surface area contributed by atoms with E-state index >= 15 is 0 Å². The maximum Gasteiger partial charge on any atom is 0.390 e. The fourth-order valence-electron chi connectivity index (χ4n) is 1.75. The minimum atomic E-state index is -4.32. The summed E-state index contributed by atoms with van der Waals surface area (Å²) in [4.78, 5) is 11.4. The minimum Gasteiger partial charge on any atom is -0.491 e. The van der Waals surface area contributed by atoms with Crippen LogP contribution in [-0.4, -0.2) is 36.5 Å². The predicted octanol–water partition coefficient (Wildman–Crippen LogP) is 2.76. The number of hydrogen-bond acceptors (Lipinski definition) is 3. The molecule has 0 heterocycles. The molecule has 0 aliphatic carbocycles. The molecule has 8 heteroatoms. The molecule has 0 bridgehead atoms. The van der Waals surface area contributed by atoms with Crippen LogP contribution in [0, 0.1) is 0 Å². The van der Waals surface area contributed by atoms with Crippen LogP contribution in [0.2, 0.25) is 0 Å². The molecular formula is C15H21F3N2O3.